The maximum absolute atomic E-state index is 11.2. The second-order valence-electron chi connectivity index (χ2n) is 9.35. The zero-order chi connectivity index (χ0) is 22.6. The molecule has 2 atom stereocenters. The molecule has 0 bridgehead atoms. The normalized spacial score (nSPS) is 20.4. The van der Waals surface area contributed by atoms with Crippen molar-refractivity contribution >= 4 is 5.91 Å². The second-order valence-corrected chi connectivity index (χ2v) is 9.35. The van der Waals surface area contributed by atoms with Gasteiger partial charge in [0.2, 0.25) is 5.91 Å². The van der Waals surface area contributed by atoms with E-state index in [1.165, 1.54) is 96.3 Å². The van der Waals surface area contributed by atoms with Crippen LogP contribution in [0.15, 0.2) is 24.6 Å². The van der Waals surface area contributed by atoms with E-state index >= 15 is 0 Å². The minimum Gasteiger partial charge on any atom is -0.351 e. The van der Waals surface area contributed by atoms with Gasteiger partial charge in [-0.3, -0.25) is 9.28 Å². The van der Waals surface area contributed by atoms with Crippen LogP contribution in [0, 0.1) is 0 Å². The van der Waals surface area contributed by atoms with Gasteiger partial charge in [-0.05, 0) is 39.0 Å². The number of rotatable bonds is 20. The third kappa shape index (κ3) is 13.0. The molecule has 31 heavy (non-hydrogen) atoms. The molecule has 0 fully saturated rings. The Morgan fingerprint density at radius 3 is 2.06 bits per heavy atom. The lowest BCUT2D eigenvalue weighted by molar-refractivity contribution is -0.898. The van der Waals surface area contributed by atoms with E-state index in [1.54, 1.807) is 6.92 Å². The summed E-state index contributed by atoms with van der Waals surface area (Å²) in [6, 6.07) is 0. The van der Waals surface area contributed by atoms with Crippen molar-refractivity contribution in [2.75, 3.05) is 19.6 Å². The summed E-state index contributed by atoms with van der Waals surface area (Å²) in [4.78, 5) is 11.2. The van der Waals surface area contributed by atoms with Gasteiger partial charge in [-0.15, -0.1) is 0 Å². The first kappa shape index (κ1) is 27.7. The number of hydrogen-bond donors (Lipinski definition) is 2. The van der Waals surface area contributed by atoms with E-state index in [9.17, 15) is 4.79 Å². The number of allylic oxidation sites excluding steroid dienone is 2. The fourth-order valence-corrected chi connectivity index (χ4v) is 4.63. The van der Waals surface area contributed by atoms with Crippen molar-refractivity contribution in [3.63, 3.8) is 0 Å². The Hall–Kier alpha value is -1.29. The van der Waals surface area contributed by atoms with Crippen LogP contribution in [0.4, 0.5) is 0 Å². The quantitative estimate of drug-likeness (QED) is 0.126. The summed E-state index contributed by atoms with van der Waals surface area (Å²) in [6.07, 6.45) is 29.9. The first-order valence-electron chi connectivity index (χ1n) is 13.3. The number of likely N-dealkylation sites (N-methyl/N-ethyl adjacent to an activating group) is 1. The molecule has 0 spiro atoms. The monoisotopic (exact) mass is 434 g/mol. The van der Waals surface area contributed by atoms with Crippen LogP contribution in [0.5, 0.6) is 0 Å². The Balaban J connectivity index is 1.97. The fraction of sp³-hybridized carbons (Fsp3) is 0.815. The predicted octanol–water partition coefficient (Wildman–Crippen LogP) is 6.79. The highest BCUT2D eigenvalue weighted by atomic mass is 16.1. The number of nitrogens with one attached hydrogen (secondary N) is 2. The smallest absolute Gasteiger partial charge is 0.217 e. The maximum Gasteiger partial charge on any atom is 0.217 e. The van der Waals surface area contributed by atoms with E-state index in [-0.39, 0.29) is 5.91 Å². The molecule has 0 radical (unpaired) electrons. The Bertz CT molecular complexity index is 503. The second kappa shape index (κ2) is 18.3. The van der Waals surface area contributed by atoms with Gasteiger partial charge in [0.25, 0.3) is 0 Å². The third-order valence-corrected chi connectivity index (χ3v) is 6.76. The third-order valence-electron chi connectivity index (χ3n) is 6.76. The molecule has 2 unspecified atom stereocenters. The van der Waals surface area contributed by atoms with Gasteiger partial charge in [0, 0.05) is 13.3 Å². The molecular weight excluding hydrogens is 382 g/mol. The summed E-state index contributed by atoms with van der Waals surface area (Å²) >= 11 is 0. The van der Waals surface area contributed by atoms with Gasteiger partial charge in [0.05, 0.1) is 19.3 Å². The summed E-state index contributed by atoms with van der Waals surface area (Å²) < 4.78 is 0.953. The van der Waals surface area contributed by atoms with Crippen molar-refractivity contribution in [3.8, 4) is 0 Å². The molecule has 0 saturated heterocycles. The highest BCUT2D eigenvalue weighted by Gasteiger charge is 2.36. The van der Waals surface area contributed by atoms with Gasteiger partial charge in [0.15, 0.2) is 6.17 Å². The molecule has 0 aromatic carbocycles. The van der Waals surface area contributed by atoms with Crippen molar-refractivity contribution in [1.29, 1.82) is 0 Å². The zero-order valence-corrected chi connectivity index (χ0v) is 21.0. The number of quaternary nitrogens is 1. The topological polar surface area (TPSA) is 41.1 Å². The Morgan fingerprint density at radius 1 is 0.903 bits per heavy atom. The van der Waals surface area contributed by atoms with Crippen molar-refractivity contribution in [2.24, 2.45) is 0 Å². The van der Waals surface area contributed by atoms with Crippen molar-refractivity contribution < 1.29 is 9.28 Å². The predicted molar refractivity (Wildman–Crippen MR) is 134 cm³/mol. The number of hydrogen-bond acceptors (Lipinski definition) is 2. The molecule has 1 aliphatic heterocycles. The number of carbonyl (C=O) groups is 1. The molecular formula is C27H52N3O+. The van der Waals surface area contributed by atoms with Crippen LogP contribution in [0.3, 0.4) is 0 Å². The van der Waals surface area contributed by atoms with Gasteiger partial charge < -0.3 is 10.6 Å². The highest BCUT2D eigenvalue weighted by molar-refractivity contribution is 5.72. The van der Waals surface area contributed by atoms with Gasteiger partial charge in [-0.1, -0.05) is 76.9 Å². The summed E-state index contributed by atoms with van der Waals surface area (Å²) in [5.74, 6) is 0.0663. The number of amides is 1. The summed E-state index contributed by atoms with van der Waals surface area (Å²) in [5.41, 5.74) is 0. The van der Waals surface area contributed by atoms with Crippen molar-refractivity contribution in [3.05, 3.63) is 24.6 Å². The van der Waals surface area contributed by atoms with Gasteiger partial charge >= 0.3 is 0 Å². The first-order chi connectivity index (χ1) is 15.1. The number of nitrogens with zero attached hydrogens (tertiary/aromatic N) is 1. The summed E-state index contributed by atoms with van der Waals surface area (Å²) in [5, 5.41) is 6.52. The average Bonchev–Trinajstić information content (AvgIpc) is 3.16. The molecule has 180 valence electrons. The van der Waals surface area contributed by atoms with E-state index in [0.29, 0.717) is 6.17 Å². The largest absolute Gasteiger partial charge is 0.351 e. The molecule has 1 rings (SSSR count). The SMILES string of the molecule is CCCCC/C=C/CCCCCCCCCCCC1NC=C[N+]1(CC)CCNC(C)=O. The molecule has 1 aliphatic rings. The van der Waals surface area contributed by atoms with E-state index in [2.05, 4.69) is 49.0 Å². The van der Waals surface area contributed by atoms with Crippen LogP contribution < -0.4 is 10.6 Å². The Kier molecular flexibility index (Phi) is 16.4. The van der Waals surface area contributed by atoms with Crippen LogP contribution in [0.2, 0.25) is 0 Å². The van der Waals surface area contributed by atoms with Gasteiger partial charge in [-0.25, -0.2) is 0 Å². The fourth-order valence-electron chi connectivity index (χ4n) is 4.63. The van der Waals surface area contributed by atoms with Crippen molar-refractivity contribution in [1.82, 2.24) is 10.6 Å². The van der Waals surface area contributed by atoms with E-state index in [1.807, 2.05) is 0 Å². The van der Waals surface area contributed by atoms with E-state index in [4.69, 9.17) is 0 Å². The molecule has 2 N–H and O–H groups in total. The molecule has 0 aliphatic carbocycles. The molecule has 0 aromatic heterocycles. The molecule has 1 amide bonds. The molecule has 0 saturated carbocycles. The lowest BCUT2D eigenvalue weighted by Gasteiger charge is -2.37. The van der Waals surface area contributed by atoms with Crippen LogP contribution in [0.1, 0.15) is 117 Å². The lowest BCUT2D eigenvalue weighted by atomic mass is 10.0. The zero-order valence-electron chi connectivity index (χ0n) is 21.0. The van der Waals surface area contributed by atoms with E-state index in [0.717, 1.165) is 24.1 Å². The summed E-state index contributed by atoms with van der Waals surface area (Å²) in [6.45, 7) is 8.91. The number of carbonyl (C=O) groups excluding carboxylic acids is 1. The van der Waals surface area contributed by atoms with Gasteiger partial charge in [-0.2, -0.15) is 0 Å². The van der Waals surface area contributed by atoms with Gasteiger partial charge in [0.1, 0.15) is 12.7 Å². The molecule has 4 heteroatoms. The summed E-state index contributed by atoms with van der Waals surface area (Å²) in [7, 11) is 0. The van der Waals surface area contributed by atoms with Crippen LogP contribution in [-0.4, -0.2) is 36.2 Å². The minimum atomic E-state index is 0.0663. The van der Waals surface area contributed by atoms with Crippen LogP contribution in [-0.2, 0) is 4.79 Å². The Labute approximate surface area is 193 Å². The standard InChI is InChI=1S/C27H51N3O/c1-4-6-7-8-9-10-11-12-13-14-15-16-17-18-19-20-21-27-29-23-25-30(27,5-2)24-22-28-26(3)31/h9-10,23,25,27,29H,4-8,11-22,24H2,1-3H3/p+1/b10-9+. The molecule has 1 heterocycles. The highest BCUT2D eigenvalue weighted by Crippen LogP contribution is 2.23. The van der Waals surface area contributed by atoms with Crippen LogP contribution in [0.25, 0.3) is 0 Å². The van der Waals surface area contributed by atoms with Crippen LogP contribution >= 0.6 is 0 Å². The average molecular weight is 435 g/mol. The lowest BCUT2D eigenvalue weighted by Crippen LogP contribution is -2.55. The van der Waals surface area contributed by atoms with E-state index < -0.39 is 0 Å². The Morgan fingerprint density at radius 2 is 1.48 bits per heavy atom. The molecule has 4 nitrogen and oxygen atoms in total. The van der Waals surface area contributed by atoms with Crippen molar-refractivity contribution in [2.45, 2.75) is 123 Å². The number of unbranched alkanes of at least 4 members (excludes halogenated alkanes) is 12. The minimum absolute atomic E-state index is 0.0663. The maximum atomic E-state index is 11.2. The first-order valence-corrected chi connectivity index (χ1v) is 13.3. The molecule has 0 aromatic rings.